The number of nitrogens with zero attached hydrogens (tertiary/aromatic N) is 6. The summed E-state index contributed by atoms with van der Waals surface area (Å²) in [5.74, 6) is 1.81. The van der Waals surface area contributed by atoms with Gasteiger partial charge in [-0.05, 0) is 36.8 Å². The van der Waals surface area contributed by atoms with Crippen LogP contribution in [0.2, 0.25) is 0 Å². The zero-order chi connectivity index (χ0) is 22.1. The van der Waals surface area contributed by atoms with Gasteiger partial charge in [0.1, 0.15) is 5.82 Å². The quantitative estimate of drug-likeness (QED) is 0.356. The van der Waals surface area contributed by atoms with Gasteiger partial charge in [-0.3, -0.25) is 10.1 Å². The van der Waals surface area contributed by atoms with Crippen molar-refractivity contribution in [1.82, 2.24) is 15.2 Å². The summed E-state index contributed by atoms with van der Waals surface area (Å²) in [5, 5.41) is 20.9. The Labute approximate surface area is 185 Å². The van der Waals surface area contributed by atoms with Crippen molar-refractivity contribution in [2.75, 3.05) is 36.0 Å². The Morgan fingerprint density at radius 3 is 2.31 bits per heavy atom. The molecule has 8 nitrogen and oxygen atoms in total. The molecule has 0 bridgehead atoms. The van der Waals surface area contributed by atoms with Gasteiger partial charge in [-0.2, -0.15) is 0 Å². The number of benzene rings is 2. The standard InChI is InChI=1S/C24H22N6O2/c1-17-15-24(25-22-8-3-2-7-20(17)22)29-13-11-28(12-14-29)23-10-9-21(26-27-23)18-5-4-6-19(16-18)30(31)32/h2-10,15-16H,11-14H2,1H3. The number of pyridine rings is 1. The fourth-order valence-electron chi connectivity index (χ4n) is 4.08. The maximum absolute atomic E-state index is 11.0. The summed E-state index contributed by atoms with van der Waals surface area (Å²) < 4.78 is 0. The molecule has 0 aliphatic carbocycles. The molecule has 1 aliphatic heterocycles. The molecule has 1 aliphatic rings. The normalized spacial score (nSPS) is 14.0. The third-order valence-corrected chi connectivity index (χ3v) is 5.84. The van der Waals surface area contributed by atoms with Gasteiger partial charge in [0.2, 0.25) is 0 Å². The second kappa shape index (κ2) is 8.22. The zero-order valence-corrected chi connectivity index (χ0v) is 17.7. The first-order chi connectivity index (χ1) is 15.6. The minimum absolute atomic E-state index is 0.0436. The number of hydrogen-bond acceptors (Lipinski definition) is 7. The van der Waals surface area contributed by atoms with Gasteiger partial charge in [-0.25, -0.2) is 4.98 Å². The fraction of sp³-hybridized carbons (Fsp3) is 0.208. The van der Waals surface area contributed by atoms with Gasteiger partial charge in [0, 0.05) is 49.3 Å². The number of piperazine rings is 1. The summed E-state index contributed by atoms with van der Waals surface area (Å²) in [6.07, 6.45) is 0. The molecule has 0 unspecified atom stereocenters. The predicted octanol–water partition coefficient (Wildman–Crippen LogP) is 4.24. The number of aromatic nitrogens is 3. The van der Waals surface area contributed by atoms with Crippen LogP contribution in [0.5, 0.6) is 0 Å². The van der Waals surface area contributed by atoms with Crippen LogP contribution in [0, 0.1) is 17.0 Å². The Bertz CT molecular complexity index is 1280. The minimum atomic E-state index is -0.406. The highest BCUT2D eigenvalue weighted by Gasteiger charge is 2.20. The van der Waals surface area contributed by atoms with E-state index in [1.54, 1.807) is 12.1 Å². The largest absolute Gasteiger partial charge is 0.353 e. The molecule has 1 fully saturated rings. The fourth-order valence-corrected chi connectivity index (χ4v) is 4.08. The molecule has 5 rings (SSSR count). The van der Waals surface area contributed by atoms with Crippen LogP contribution in [0.3, 0.4) is 0 Å². The number of anilines is 2. The number of fused-ring (bicyclic) bond motifs is 1. The molecule has 8 heteroatoms. The number of para-hydroxylation sites is 1. The van der Waals surface area contributed by atoms with Crippen molar-refractivity contribution in [3.63, 3.8) is 0 Å². The van der Waals surface area contributed by atoms with Crippen molar-refractivity contribution in [2.45, 2.75) is 6.92 Å². The maximum Gasteiger partial charge on any atom is 0.270 e. The molecular weight excluding hydrogens is 404 g/mol. The first-order valence-electron chi connectivity index (χ1n) is 10.5. The Balaban J connectivity index is 1.28. The molecule has 1 saturated heterocycles. The van der Waals surface area contributed by atoms with Crippen LogP contribution in [-0.4, -0.2) is 46.3 Å². The minimum Gasteiger partial charge on any atom is -0.353 e. The van der Waals surface area contributed by atoms with Crippen molar-refractivity contribution in [1.29, 1.82) is 0 Å². The lowest BCUT2D eigenvalue weighted by atomic mass is 10.1. The van der Waals surface area contributed by atoms with Crippen LogP contribution in [0.4, 0.5) is 17.3 Å². The van der Waals surface area contributed by atoms with Crippen LogP contribution in [0.25, 0.3) is 22.2 Å². The summed E-state index contributed by atoms with van der Waals surface area (Å²) in [6, 6.07) is 20.6. The molecule has 2 aromatic carbocycles. The van der Waals surface area contributed by atoms with Gasteiger partial charge in [0.15, 0.2) is 5.82 Å². The van der Waals surface area contributed by atoms with Gasteiger partial charge >= 0.3 is 0 Å². The molecular formula is C24H22N6O2. The van der Waals surface area contributed by atoms with E-state index in [4.69, 9.17) is 4.98 Å². The van der Waals surface area contributed by atoms with Crippen molar-refractivity contribution in [2.24, 2.45) is 0 Å². The molecule has 4 aromatic rings. The highest BCUT2D eigenvalue weighted by molar-refractivity contribution is 5.83. The van der Waals surface area contributed by atoms with E-state index in [0.29, 0.717) is 11.3 Å². The number of aryl methyl sites for hydroxylation is 1. The SMILES string of the molecule is Cc1cc(N2CCN(c3ccc(-c4cccc([N+](=O)[O-])c4)nn3)CC2)nc2ccccc12. The Morgan fingerprint density at radius 1 is 0.844 bits per heavy atom. The molecule has 0 spiro atoms. The average molecular weight is 426 g/mol. The molecule has 0 saturated carbocycles. The lowest BCUT2D eigenvalue weighted by Gasteiger charge is -2.36. The summed E-state index contributed by atoms with van der Waals surface area (Å²) in [4.78, 5) is 20.0. The van der Waals surface area contributed by atoms with Crippen LogP contribution in [0.15, 0.2) is 66.7 Å². The lowest BCUT2D eigenvalue weighted by Crippen LogP contribution is -2.47. The van der Waals surface area contributed by atoms with Gasteiger partial charge in [-0.15, -0.1) is 10.2 Å². The van der Waals surface area contributed by atoms with E-state index in [9.17, 15) is 10.1 Å². The van der Waals surface area contributed by atoms with Gasteiger partial charge in [-0.1, -0.05) is 30.3 Å². The smallest absolute Gasteiger partial charge is 0.270 e. The van der Waals surface area contributed by atoms with E-state index in [2.05, 4.69) is 45.1 Å². The van der Waals surface area contributed by atoms with Crippen molar-refractivity contribution in [3.05, 3.63) is 82.4 Å². The highest BCUT2D eigenvalue weighted by atomic mass is 16.6. The second-order valence-corrected chi connectivity index (χ2v) is 7.87. The monoisotopic (exact) mass is 426 g/mol. The van der Waals surface area contributed by atoms with E-state index in [1.165, 1.54) is 23.1 Å². The van der Waals surface area contributed by atoms with Gasteiger partial charge in [0.05, 0.1) is 16.1 Å². The Kier molecular flexibility index (Phi) is 5.10. The molecule has 3 heterocycles. The first-order valence-corrected chi connectivity index (χ1v) is 10.5. The number of rotatable bonds is 4. The summed E-state index contributed by atoms with van der Waals surface area (Å²) in [5.41, 5.74) is 3.60. The van der Waals surface area contributed by atoms with E-state index in [0.717, 1.165) is 43.3 Å². The zero-order valence-electron chi connectivity index (χ0n) is 17.7. The number of hydrogen-bond donors (Lipinski definition) is 0. The third kappa shape index (κ3) is 3.82. The van der Waals surface area contributed by atoms with Gasteiger partial charge < -0.3 is 9.80 Å². The van der Waals surface area contributed by atoms with Crippen LogP contribution >= 0.6 is 0 Å². The van der Waals surface area contributed by atoms with Crippen LogP contribution < -0.4 is 9.80 Å². The highest BCUT2D eigenvalue weighted by Crippen LogP contribution is 2.25. The molecule has 0 N–H and O–H groups in total. The topological polar surface area (TPSA) is 88.3 Å². The van der Waals surface area contributed by atoms with Crippen LogP contribution in [-0.2, 0) is 0 Å². The number of nitro groups is 1. The van der Waals surface area contributed by atoms with E-state index < -0.39 is 4.92 Å². The van der Waals surface area contributed by atoms with Crippen molar-refractivity contribution in [3.8, 4) is 11.3 Å². The number of nitro benzene ring substituents is 1. The maximum atomic E-state index is 11.0. The van der Waals surface area contributed by atoms with E-state index >= 15 is 0 Å². The second-order valence-electron chi connectivity index (χ2n) is 7.87. The molecule has 0 atom stereocenters. The molecule has 160 valence electrons. The summed E-state index contributed by atoms with van der Waals surface area (Å²) >= 11 is 0. The molecule has 2 aromatic heterocycles. The summed E-state index contributed by atoms with van der Waals surface area (Å²) in [6.45, 7) is 5.46. The predicted molar refractivity (Wildman–Crippen MR) is 125 cm³/mol. The summed E-state index contributed by atoms with van der Waals surface area (Å²) in [7, 11) is 0. The Morgan fingerprint density at radius 2 is 1.59 bits per heavy atom. The van der Waals surface area contributed by atoms with E-state index in [-0.39, 0.29) is 5.69 Å². The number of non-ortho nitro benzene ring substituents is 1. The molecule has 0 amide bonds. The Hall–Kier alpha value is -4.07. The third-order valence-electron chi connectivity index (χ3n) is 5.84. The van der Waals surface area contributed by atoms with Crippen molar-refractivity contribution < 1.29 is 4.92 Å². The lowest BCUT2D eigenvalue weighted by molar-refractivity contribution is -0.384. The average Bonchev–Trinajstić information content (AvgIpc) is 2.84. The van der Waals surface area contributed by atoms with Crippen molar-refractivity contribution >= 4 is 28.2 Å². The first kappa shape index (κ1) is 19.9. The van der Waals surface area contributed by atoms with Gasteiger partial charge in [0.25, 0.3) is 5.69 Å². The molecule has 32 heavy (non-hydrogen) atoms. The van der Waals surface area contributed by atoms with E-state index in [1.807, 2.05) is 24.3 Å². The molecule has 0 radical (unpaired) electrons. The van der Waals surface area contributed by atoms with Crippen LogP contribution in [0.1, 0.15) is 5.56 Å².